The summed E-state index contributed by atoms with van der Waals surface area (Å²) in [4.78, 5) is 48.8. The van der Waals surface area contributed by atoms with Crippen LogP contribution in [-0.4, -0.2) is 42.6 Å². The van der Waals surface area contributed by atoms with Gasteiger partial charge in [0.15, 0.2) is 17.3 Å². The van der Waals surface area contributed by atoms with Gasteiger partial charge < -0.3 is 35.1 Å². The quantitative estimate of drug-likeness (QED) is 0.0268. The van der Waals surface area contributed by atoms with Crippen LogP contribution in [0.1, 0.15) is 112 Å². The third kappa shape index (κ3) is 9.19. The minimum Gasteiger partial charge on any atom is -0.507 e. The number of unbranched alkanes of at least 4 members (excludes halogenated alkanes) is 11. The van der Waals surface area contributed by atoms with Crippen LogP contribution in [0.4, 0.5) is 0 Å². The van der Waals surface area contributed by atoms with Crippen LogP contribution < -0.4 is 5.43 Å². The highest BCUT2D eigenvalue weighted by atomic mass is 17.2. The van der Waals surface area contributed by atoms with Crippen LogP contribution in [0, 0.1) is 0 Å². The van der Waals surface area contributed by atoms with Crippen molar-refractivity contribution in [2.45, 2.75) is 96.3 Å². The number of fused-ring (bicyclic) bond motifs is 1. The van der Waals surface area contributed by atoms with Gasteiger partial charge in [0, 0.05) is 11.6 Å². The van der Waals surface area contributed by atoms with Gasteiger partial charge >= 0.3 is 11.9 Å². The first-order chi connectivity index (χ1) is 24.0. The highest BCUT2D eigenvalue weighted by molar-refractivity contribution is 5.94. The second-order valence-corrected chi connectivity index (χ2v) is 12.4. The molecule has 1 unspecified atom stereocenters. The van der Waals surface area contributed by atoms with Crippen LogP contribution in [-0.2, 0) is 14.6 Å². The minimum atomic E-state index is -1.42. The smallest absolute Gasteiger partial charge is 0.390 e. The number of rotatable bonds is 17. The summed E-state index contributed by atoms with van der Waals surface area (Å²) in [5.74, 6) is -7.98. The minimum absolute atomic E-state index is 0.0135. The van der Waals surface area contributed by atoms with Crippen LogP contribution >= 0.6 is 0 Å². The fourth-order valence-corrected chi connectivity index (χ4v) is 5.93. The maximum atomic E-state index is 13.4. The van der Waals surface area contributed by atoms with Gasteiger partial charge in [0.1, 0.15) is 33.8 Å². The molecule has 0 aliphatic rings. The third-order valence-corrected chi connectivity index (χ3v) is 8.69. The molecule has 1 atom stereocenters. The van der Waals surface area contributed by atoms with Gasteiger partial charge in [0.05, 0.1) is 11.5 Å². The Morgan fingerprint density at radius 3 is 1.92 bits per heavy atom. The molecule has 1 aromatic heterocycles. The third-order valence-electron chi connectivity index (χ3n) is 8.69. The fourth-order valence-electron chi connectivity index (χ4n) is 5.93. The van der Waals surface area contributed by atoms with Crippen molar-refractivity contribution in [1.82, 2.24) is 0 Å². The standard InChI is InChI=1S/C38H44O12/c1-2-3-4-5-6-7-8-9-10-11-12-13-17-25(38(47)50-49-37(46)24-16-14-15-18-26(24)39)31-29(42)22-30-32(33(31)43)34(44)35(45)36(48-30)23-19-20-27(40)28(41)21-23/h14-16,18-22,25,39-43,45H,2-13,17H2,1H3. The summed E-state index contributed by atoms with van der Waals surface area (Å²) >= 11 is 0. The summed E-state index contributed by atoms with van der Waals surface area (Å²) in [6.45, 7) is 2.19. The monoisotopic (exact) mass is 692 g/mol. The number of para-hydroxylation sites is 1. The average molecular weight is 693 g/mol. The van der Waals surface area contributed by atoms with Crippen molar-refractivity contribution in [2.75, 3.05) is 0 Å². The molecule has 12 nitrogen and oxygen atoms in total. The first-order valence-corrected chi connectivity index (χ1v) is 17.0. The first-order valence-electron chi connectivity index (χ1n) is 17.0. The molecule has 0 spiro atoms. The van der Waals surface area contributed by atoms with Crippen molar-refractivity contribution >= 4 is 22.9 Å². The summed E-state index contributed by atoms with van der Waals surface area (Å²) in [7, 11) is 0. The Hall–Kier alpha value is -5.39. The van der Waals surface area contributed by atoms with Crippen LogP contribution in [0.2, 0.25) is 0 Å². The summed E-state index contributed by atoms with van der Waals surface area (Å²) in [5, 5.41) is 62.1. The zero-order chi connectivity index (χ0) is 36.2. The van der Waals surface area contributed by atoms with Crippen molar-refractivity contribution in [3.05, 3.63) is 69.9 Å². The average Bonchev–Trinajstić information content (AvgIpc) is 3.09. The van der Waals surface area contributed by atoms with E-state index in [0.717, 1.165) is 43.9 Å². The van der Waals surface area contributed by atoms with E-state index in [0.29, 0.717) is 12.8 Å². The van der Waals surface area contributed by atoms with Gasteiger partial charge in [-0.15, -0.1) is 0 Å². The number of carbonyl (C=O) groups is 2. The molecular weight excluding hydrogens is 648 g/mol. The van der Waals surface area contributed by atoms with Gasteiger partial charge in [-0.2, -0.15) is 0 Å². The maximum absolute atomic E-state index is 13.4. The van der Waals surface area contributed by atoms with E-state index in [-0.39, 0.29) is 23.1 Å². The molecule has 0 radical (unpaired) electrons. The van der Waals surface area contributed by atoms with Crippen LogP contribution in [0.25, 0.3) is 22.3 Å². The lowest BCUT2D eigenvalue weighted by Crippen LogP contribution is -2.20. The molecule has 1 heterocycles. The second-order valence-electron chi connectivity index (χ2n) is 12.4. The second kappa shape index (κ2) is 17.8. The zero-order valence-corrected chi connectivity index (χ0v) is 28.0. The van der Waals surface area contributed by atoms with Gasteiger partial charge in [-0.1, -0.05) is 96.1 Å². The van der Waals surface area contributed by atoms with Gasteiger partial charge in [-0.05, 0) is 36.8 Å². The zero-order valence-electron chi connectivity index (χ0n) is 28.0. The molecule has 0 saturated heterocycles. The lowest BCUT2D eigenvalue weighted by atomic mass is 9.90. The lowest BCUT2D eigenvalue weighted by molar-refractivity contribution is -0.236. The van der Waals surface area contributed by atoms with E-state index in [1.165, 1.54) is 68.9 Å². The number of benzene rings is 3. The van der Waals surface area contributed by atoms with E-state index in [1.807, 2.05) is 0 Å². The van der Waals surface area contributed by atoms with E-state index >= 15 is 0 Å². The Labute approximate surface area is 289 Å². The van der Waals surface area contributed by atoms with E-state index in [9.17, 15) is 45.0 Å². The molecule has 4 rings (SSSR count). The molecule has 0 bridgehead atoms. The number of aromatic hydroxyl groups is 6. The number of hydrogen-bond acceptors (Lipinski definition) is 12. The van der Waals surface area contributed by atoms with E-state index in [2.05, 4.69) is 6.92 Å². The van der Waals surface area contributed by atoms with Crippen molar-refractivity contribution < 1.29 is 54.4 Å². The van der Waals surface area contributed by atoms with Crippen LogP contribution in [0.15, 0.2) is 57.7 Å². The molecule has 6 N–H and O–H groups in total. The Morgan fingerprint density at radius 2 is 1.30 bits per heavy atom. The topological polar surface area (TPSA) is 204 Å². The van der Waals surface area contributed by atoms with Gasteiger partial charge in [0.2, 0.25) is 11.2 Å². The molecule has 12 heteroatoms. The molecule has 0 aliphatic carbocycles. The summed E-state index contributed by atoms with van der Waals surface area (Å²) < 4.78 is 5.66. The Morgan fingerprint density at radius 1 is 0.680 bits per heavy atom. The van der Waals surface area contributed by atoms with Crippen molar-refractivity contribution in [3.8, 4) is 45.8 Å². The number of phenolic OH excluding ortho intramolecular Hbond substituents is 5. The normalized spacial score (nSPS) is 11.8. The van der Waals surface area contributed by atoms with Crippen molar-refractivity contribution in [2.24, 2.45) is 0 Å². The molecule has 0 amide bonds. The number of hydrogen-bond donors (Lipinski definition) is 6. The van der Waals surface area contributed by atoms with Gasteiger partial charge in [-0.25, -0.2) is 19.4 Å². The molecule has 0 saturated carbocycles. The largest absolute Gasteiger partial charge is 0.507 e. The maximum Gasteiger partial charge on any atom is 0.390 e. The molecule has 3 aromatic carbocycles. The van der Waals surface area contributed by atoms with Gasteiger partial charge in [0.25, 0.3) is 0 Å². The lowest BCUT2D eigenvalue weighted by Gasteiger charge is -2.19. The first kappa shape index (κ1) is 37.4. The van der Waals surface area contributed by atoms with Crippen molar-refractivity contribution in [1.29, 1.82) is 0 Å². The molecule has 4 aromatic rings. The summed E-state index contributed by atoms with van der Waals surface area (Å²) in [6, 6.07) is 9.88. The molecule has 0 aliphatic heterocycles. The highest BCUT2D eigenvalue weighted by Crippen LogP contribution is 2.44. The molecule has 50 heavy (non-hydrogen) atoms. The van der Waals surface area contributed by atoms with Gasteiger partial charge in [-0.3, -0.25) is 4.79 Å². The predicted octanol–water partition coefficient (Wildman–Crippen LogP) is 8.18. The predicted molar refractivity (Wildman–Crippen MR) is 184 cm³/mol. The Kier molecular flexibility index (Phi) is 13.4. The summed E-state index contributed by atoms with van der Waals surface area (Å²) in [6.07, 6.45) is 12.7. The molecule has 268 valence electrons. The highest BCUT2D eigenvalue weighted by Gasteiger charge is 2.33. The summed E-state index contributed by atoms with van der Waals surface area (Å²) in [5.41, 5.74) is -2.10. The Bertz CT molecular complexity index is 1840. The van der Waals surface area contributed by atoms with E-state index in [4.69, 9.17) is 14.2 Å². The molecular formula is C38H44O12. The van der Waals surface area contributed by atoms with E-state index < -0.39 is 74.5 Å². The Balaban J connectivity index is 1.55. The number of phenols is 5. The SMILES string of the molecule is CCCCCCCCCCCCCCC(C(=O)OOC(=O)c1ccccc1O)c1c(O)cc2oc(-c3ccc(O)c(O)c3)c(O)c(=O)c2c1O. The van der Waals surface area contributed by atoms with Crippen molar-refractivity contribution in [3.63, 3.8) is 0 Å². The molecule has 0 fully saturated rings. The fraction of sp³-hybridized carbons (Fsp3) is 0.395. The van der Waals surface area contributed by atoms with E-state index in [1.54, 1.807) is 0 Å². The van der Waals surface area contributed by atoms with Crippen LogP contribution in [0.3, 0.4) is 0 Å². The van der Waals surface area contributed by atoms with Crippen LogP contribution in [0.5, 0.6) is 34.5 Å². The number of carbonyl (C=O) groups excluding carboxylic acids is 2.